The Morgan fingerprint density at radius 2 is 1.83 bits per heavy atom. The molecule has 0 aromatic heterocycles. The zero-order chi connectivity index (χ0) is 13.8. The Labute approximate surface area is 112 Å². The highest BCUT2D eigenvalue weighted by Gasteiger charge is 2.34. The van der Waals surface area contributed by atoms with Crippen LogP contribution < -0.4 is 10.6 Å². The van der Waals surface area contributed by atoms with Gasteiger partial charge in [-0.05, 0) is 50.5 Å². The third-order valence-electron chi connectivity index (χ3n) is 4.33. The fourth-order valence-electron chi connectivity index (χ4n) is 2.90. The molecule has 0 bridgehead atoms. The van der Waals surface area contributed by atoms with Crippen LogP contribution >= 0.6 is 0 Å². The summed E-state index contributed by atoms with van der Waals surface area (Å²) in [5, 5.41) is 6.52. The Hall–Kier alpha value is -0.570. The second-order valence-corrected chi connectivity index (χ2v) is 6.58. The maximum absolute atomic E-state index is 12.3. The van der Waals surface area contributed by atoms with Gasteiger partial charge in [0.2, 0.25) is 5.91 Å². The van der Waals surface area contributed by atoms with E-state index in [1.165, 1.54) is 6.42 Å². The molecule has 1 atom stereocenters. The molecule has 0 radical (unpaired) electrons. The number of piperidine rings is 1. The van der Waals surface area contributed by atoms with Gasteiger partial charge < -0.3 is 10.6 Å². The van der Waals surface area contributed by atoms with Crippen LogP contribution in [0.4, 0.5) is 0 Å². The van der Waals surface area contributed by atoms with Crippen LogP contribution in [0.3, 0.4) is 0 Å². The summed E-state index contributed by atoms with van der Waals surface area (Å²) in [5.41, 5.74) is -0.350. The number of carbonyl (C=O) groups excluding carboxylic acids is 1. The largest absolute Gasteiger partial charge is 0.354 e. The van der Waals surface area contributed by atoms with Crippen molar-refractivity contribution in [2.45, 2.75) is 59.4 Å². The summed E-state index contributed by atoms with van der Waals surface area (Å²) in [6.45, 7) is 12.7. The van der Waals surface area contributed by atoms with Crippen molar-refractivity contribution in [1.29, 1.82) is 0 Å². The first kappa shape index (κ1) is 15.5. The molecule has 0 aromatic carbocycles. The molecule has 1 heterocycles. The van der Waals surface area contributed by atoms with E-state index < -0.39 is 0 Å². The van der Waals surface area contributed by atoms with E-state index in [-0.39, 0.29) is 11.4 Å². The van der Waals surface area contributed by atoms with Gasteiger partial charge in [-0.3, -0.25) is 4.79 Å². The van der Waals surface area contributed by atoms with Crippen molar-refractivity contribution in [3.8, 4) is 0 Å². The SMILES string of the molecule is CC(C)C(CNC(=O)C1(C)CCCCN1)C(C)C. The lowest BCUT2D eigenvalue weighted by atomic mass is 9.85. The lowest BCUT2D eigenvalue weighted by Gasteiger charge is -2.34. The first-order chi connectivity index (χ1) is 8.37. The van der Waals surface area contributed by atoms with Gasteiger partial charge >= 0.3 is 0 Å². The molecule has 3 heteroatoms. The number of amides is 1. The maximum Gasteiger partial charge on any atom is 0.240 e. The van der Waals surface area contributed by atoms with E-state index in [9.17, 15) is 4.79 Å². The van der Waals surface area contributed by atoms with E-state index in [0.29, 0.717) is 17.8 Å². The highest BCUT2D eigenvalue weighted by molar-refractivity contribution is 5.85. The molecule has 1 saturated heterocycles. The van der Waals surface area contributed by atoms with E-state index in [1.807, 2.05) is 6.92 Å². The number of hydrogen-bond acceptors (Lipinski definition) is 2. The molecule has 0 saturated carbocycles. The summed E-state index contributed by atoms with van der Waals surface area (Å²) in [6, 6.07) is 0. The third-order valence-corrected chi connectivity index (χ3v) is 4.33. The molecule has 1 unspecified atom stereocenters. The molecule has 18 heavy (non-hydrogen) atoms. The van der Waals surface area contributed by atoms with Crippen molar-refractivity contribution in [3.63, 3.8) is 0 Å². The van der Waals surface area contributed by atoms with Gasteiger partial charge in [-0.2, -0.15) is 0 Å². The summed E-state index contributed by atoms with van der Waals surface area (Å²) in [7, 11) is 0. The molecule has 1 fully saturated rings. The van der Waals surface area contributed by atoms with Gasteiger partial charge in [-0.25, -0.2) is 0 Å². The molecular weight excluding hydrogens is 224 g/mol. The quantitative estimate of drug-likeness (QED) is 0.791. The first-order valence-corrected chi connectivity index (χ1v) is 7.40. The van der Waals surface area contributed by atoms with Crippen LogP contribution in [0.25, 0.3) is 0 Å². The molecule has 106 valence electrons. The second kappa shape index (κ2) is 6.55. The Bertz CT molecular complexity index is 260. The van der Waals surface area contributed by atoms with E-state index in [4.69, 9.17) is 0 Å². The lowest BCUT2D eigenvalue weighted by molar-refractivity contribution is -0.128. The molecule has 0 aromatic rings. The summed E-state index contributed by atoms with van der Waals surface area (Å²) >= 11 is 0. The van der Waals surface area contributed by atoms with E-state index in [0.717, 1.165) is 25.9 Å². The van der Waals surface area contributed by atoms with Gasteiger partial charge in [0.15, 0.2) is 0 Å². The van der Waals surface area contributed by atoms with Gasteiger partial charge in [-0.1, -0.05) is 27.7 Å². The highest BCUT2D eigenvalue weighted by atomic mass is 16.2. The van der Waals surface area contributed by atoms with Crippen molar-refractivity contribution >= 4 is 5.91 Å². The van der Waals surface area contributed by atoms with Crippen molar-refractivity contribution in [1.82, 2.24) is 10.6 Å². The predicted molar refractivity (Wildman–Crippen MR) is 76.4 cm³/mol. The normalized spacial score (nSPS) is 24.9. The molecule has 1 aliphatic rings. The average molecular weight is 254 g/mol. The number of nitrogens with one attached hydrogen (secondary N) is 2. The van der Waals surface area contributed by atoms with Gasteiger partial charge in [0.25, 0.3) is 0 Å². The molecule has 1 rings (SSSR count). The van der Waals surface area contributed by atoms with Gasteiger partial charge in [-0.15, -0.1) is 0 Å². The van der Waals surface area contributed by atoms with Crippen LogP contribution in [0.5, 0.6) is 0 Å². The van der Waals surface area contributed by atoms with E-state index >= 15 is 0 Å². The Balaban J connectivity index is 2.48. The maximum atomic E-state index is 12.3. The van der Waals surface area contributed by atoms with Crippen LogP contribution in [0.2, 0.25) is 0 Å². The van der Waals surface area contributed by atoms with Crippen molar-refractivity contribution < 1.29 is 4.79 Å². The highest BCUT2D eigenvalue weighted by Crippen LogP contribution is 2.21. The smallest absolute Gasteiger partial charge is 0.240 e. The van der Waals surface area contributed by atoms with E-state index in [2.05, 4.69) is 38.3 Å². The third kappa shape index (κ3) is 3.98. The summed E-state index contributed by atoms with van der Waals surface area (Å²) in [4.78, 5) is 12.3. The van der Waals surface area contributed by atoms with Gasteiger partial charge in [0.05, 0.1) is 5.54 Å². The monoisotopic (exact) mass is 254 g/mol. The van der Waals surface area contributed by atoms with Crippen molar-refractivity contribution in [3.05, 3.63) is 0 Å². The van der Waals surface area contributed by atoms with Crippen LogP contribution in [0.1, 0.15) is 53.9 Å². The van der Waals surface area contributed by atoms with Crippen LogP contribution in [0.15, 0.2) is 0 Å². The summed E-state index contributed by atoms with van der Waals surface area (Å²) in [5.74, 6) is 1.95. The molecule has 0 spiro atoms. The Morgan fingerprint density at radius 1 is 1.22 bits per heavy atom. The molecule has 1 aliphatic heterocycles. The topological polar surface area (TPSA) is 41.1 Å². The number of carbonyl (C=O) groups is 1. The molecule has 2 N–H and O–H groups in total. The minimum atomic E-state index is -0.350. The van der Waals surface area contributed by atoms with Crippen molar-refractivity contribution in [2.75, 3.05) is 13.1 Å². The van der Waals surface area contributed by atoms with Crippen LogP contribution in [0, 0.1) is 17.8 Å². The zero-order valence-corrected chi connectivity index (χ0v) is 12.7. The summed E-state index contributed by atoms with van der Waals surface area (Å²) in [6.07, 6.45) is 3.28. The molecule has 0 aliphatic carbocycles. The van der Waals surface area contributed by atoms with Crippen molar-refractivity contribution in [2.24, 2.45) is 17.8 Å². The lowest BCUT2D eigenvalue weighted by Crippen LogP contribution is -2.57. The summed E-state index contributed by atoms with van der Waals surface area (Å²) < 4.78 is 0. The fourth-order valence-corrected chi connectivity index (χ4v) is 2.90. The zero-order valence-electron chi connectivity index (χ0n) is 12.7. The minimum Gasteiger partial charge on any atom is -0.354 e. The average Bonchev–Trinajstić information content (AvgIpc) is 2.29. The second-order valence-electron chi connectivity index (χ2n) is 6.58. The van der Waals surface area contributed by atoms with Gasteiger partial charge in [0, 0.05) is 6.54 Å². The molecular formula is C15H30N2O. The molecule has 3 nitrogen and oxygen atoms in total. The molecule has 1 amide bonds. The number of rotatable bonds is 5. The van der Waals surface area contributed by atoms with Crippen LogP contribution in [-0.4, -0.2) is 24.5 Å². The Morgan fingerprint density at radius 3 is 2.28 bits per heavy atom. The standard InChI is InChI=1S/C15H30N2O/c1-11(2)13(12(3)4)10-16-14(18)15(5)8-6-7-9-17-15/h11-13,17H,6-10H2,1-5H3,(H,16,18). The first-order valence-electron chi connectivity index (χ1n) is 7.40. The predicted octanol–water partition coefficient (Wildman–Crippen LogP) is 2.56. The van der Waals surface area contributed by atoms with Crippen LogP contribution in [-0.2, 0) is 4.79 Å². The van der Waals surface area contributed by atoms with E-state index in [1.54, 1.807) is 0 Å². The minimum absolute atomic E-state index is 0.175. The Kier molecular flexibility index (Phi) is 5.64. The number of hydrogen-bond donors (Lipinski definition) is 2. The van der Waals surface area contributed by atoms with Gasteiger partial charge in [0.1, 0.15) is 0 Å². The fraction of sp³-hybridized carbons (Fsp3) is 0.933.